The molecule has 0 amide bonds. The lowest BCUT2D eigenvalue weighted by atomic mass is 10.1. The second kappa shape index (κ2) is 9.61. The maximum absolute atomic E-state index is 3.55. The zero-order chi connectivity index (χ0) is 9.94. The van der Waals surface area contributed by atoms with Gasteiger partial charge in [0.15, 0.2) is 0 Å². The molecule has 0 bridgehead atoms. The summed E-state index contributed by atoms with van der Waals surface area (Å²) in [5, 5.41) is 3.55. The van der Waals surface area contributed by atoms with Crippen LogP contribution >= 0.6 is 0 Å². The van der Waals surface area contributed by atoms with Crippen LogP contribution in [0, 0.1) is 11.8 Å². The first-order valence-electron chi connectivity index (χ1n) is 5.48. The quantitative estimate of drug-likeness (QED) is 0.470. The van der Waals surface area contributed by atoms with Crippen molar-refractivity contribution >= 4 is 0 Å². The Balaban J connectivity index is 3.39. The molecule has 0 spiro atoms. The maximum atomic E-state index is 3.55. The van der Waals surface area contributed by atoms with Crippen LogP contribution in [0.25, 0.3) is 0 Å². The summed E-state index contributed by atoms with van der Waals surface area (Å²) in [5.74, 6) is 6.04. The first kappa shape index (κ1) is 12.5. The van der Waals surface area contributed by atoms with E-state index in [9.17, 15) is 0 Å². The van der Waals surface area contributed by atoms with Gasteiger partial charge in [-0.15, -0.1) is 11.8 Å². The Morgan fingerprint density at radius 3 is 2.62 bits per heavy atom. The van der Waals surface area contributed by atoms with E-state index in [4.69, 9.17) is 0 Å². The van der Waals surface area contributed by atoms with E-state index in [1.54, 1.807) is 0 Å². The van der Waals surface area contributed by atoms with Crippen LogP contribution in [0.3, 0.4) is 0 Å². The van der Waals surface area contributed by atoms with E-state index >= 15 is 0 Å². The molecule has 0 aromatic carbocycles. The Bertz CT molecular complexity index is 152. The minimum Gasteiger partial charge on any atom is -0.314 e. The molecule has 0 saturated carbocycles. The topological polar surface area (TPSA) is 12.0 Å². The summed E-state index contributed by atoms with van der Waals surface area (Å²) >= 11 is 0. The smallest absolute Gasteiger partial charge is 0.00891 e. The summed E-state index contributed by atoms with van der Waals surface area (Å²) in [4.78, 5) is 0. The summed E-state index contributed by atoms with van der Waals surface area (Å²) in [7, 11) is 0. The minimum atomic E-state index is 0.707. The van der Waals surface area contributed by atoms with Crippen molar-refractivity contribution in [2.45, 2.75) is 58.9 Å². The Labute approximate surface area is 83.3 Å². The van der Waals surface area contributed by atoms with Gasteiger partial charge in [0.05, 0.1) is 0 Å². The third-order valence-electron chi connectivity index (χ3n) is 2.21. The third-order valence-corrected chi connectivity index (χ3v) is 2.21. The van der Waals surface area contributed by atoms with Gasteiger partial charge in [0.2, 0.25) is 0 Å². The zero-order valence-corrected chi connectivity index (χ0v) is 9.32. The first-order chi connectivity index (χ1) is 6.35. The molecule has 0 radical (unpaired) electrons. The molecule has 0 saturated heterocycles. The predicted octanol–water partition coefficient (Wildman–Crippen LogP) is 2.96. The summed E-state index contributed by atoms with van der Waals surface area (Å²) in [6, 6.07) is 0.707. The van der Waals surface area contributed by atoms with E-state index < -0.39 is 0 Å². The van der Waals surface area contributed by atoms with Crippen LogP contribution in [0.4, 0.5) is 0 Å². The number of nitrogens with one attached hydrogen (secondary N) is 1. The second-order valence-electron chi connectivity index (χ2n) is 3.38. The van der Waals surface area contributed by atoms with E-state index in [1.807, 2.05) is 6.92 Å². The van der Waals surface area contributed by atoms with Gasteiger partial charge >= 0.3 is 0 Å². The molecular weight excluding hydrogens is 158 g/mol. The van der Waals surface area contributed by atoms with Crippen LogP contribution in [0.2, 0.25) is 0 Å². The fourth-order valence-corrected chi connectivity index (χ4v) is 1.36. The number of unbranched alkanes of at least 4 members (excludes halogenated alkanes) is 1. The summed E-state index contributed by atoms with van der Waals surface area (Å²) in [5.41, 5.74) is 0. The van der Waals surface area contributed by atoms with Crippen molar-refractivity contribution in [1.29, 1.82) is 0 Å². The van der Waals surface area contributed by atoms with E-state index in [0.29, 0.717) is 6.04 Å². The van der Waals surface area contributed by atoms with E-state index in [2.05, 4.69) is 31.0 Å². The lowest BCUT2D eigenvalue weighted by molar-refractivity contribution is 0.458. The van der Waals surface area contributed by atoms with Gasteiger partial charge in [0.1, 0.15) is 0 Å². The van der Waals surface area contributed by atoms with Gasteiger partial charge in [-0.05, 0) is 39.2 Å². The fourth-order valence-electron chi connectivity index (χ4n) is 1.36. The molecule has 0 rings (SSSR count). The molecule has 0 fully saturated rings. The monoisotopic (exact) mass is 181 g/mol. The molecule has 1 heteroatoms. The lowest BCUT2D eigenvalue weighted by Crippen LogP contribution is -2.28. The zero-order valence-electron chi connectivity index (χ0n) is 9.32. The van der Waals surface area contributed by atoms with Gasteiger partial charge in [-0.25, -0.2) is 0 Å². The number of rotatable bonds is 7. The first-order valence-corrected chi connectivity index (χ1v) is 5.48. The van der Waals surface area contributed by atoms with Crippen molar-refractivity contribution < 1.29 is 0 Å². The Morgan fingerprint density at radius 1 is 1.31 bits per heavy atom. The highest BCUT2D eigenvalue weighted by molar-refractivity contribution is 4.94. The molecule has 0 aliphatic heterocycles. The molecule has 0 aromatic rings. The normalized spacial score (nSPS) is 11.9. The van der Waals surface area contributed by atoms with Crippen LogP contribution in [0.1, 0.15) is 52.9 Å². The molecule has 0 aromatic heterocycles. The van der Waals surface area contributed by atoms with Gasteiger partial charge in [0, 0.05) is 12.5 Å². The molecule has 1 atom stereocenters. The molecule has 13 heavy (non-hydrogen) atoms. The maximum Gasteiger partial charge on any atom is 0.00891 e. The fraction of sp³-hybridized carbons (Fsp3) is 0.833. The SMILES string of the molecule is CC#CCCCC(CC)NCCC. The third kappa shape index (κ3) is 7.87. The van der Waals surface area contributed by atoms with Crippen LogP contribution < -0.4 is 5.32 Å². The van der Waals surface area contributed by atoms with Gasteiger partial charge in [-0.1, -0.05) is 13.8 Å². The molecule has 1 N–H and O–H groups in total. The molecule has 0 aliphatic carbocycles. The Kier molecular flexibility index (Phi) is 9.25. The van der Waals surface area contributed by atoms with Gasteiger partial charge < -0.3 is 5.32 Å². The summed E-state index contributed by atoms with van der Waals surface area (Å²) < 4.78 is 0. The average Bonchev–Trinajstić information content (AvgIpc) is 2.17. The van der Waals surface area contributed by atoms with Crippen molar-refractivity contribution in [2.24, 2.45) is 0 Å². The largest absolute Gasteiger partial charge is 0.314 e. The Morgan fingerprint density at radius 2 is 2.08 bits per heavy atom. The van der Waals surface area contributed by atoms with Crippen molar-refractivity contribution in [3.63, 3.8) is 0 Å². The molecule has 76 valence electrons. The summed E-state index contributed by atoms with van der Waals surface area (Å²) in [6.45, 7) is 7.52. The van der Waals surface area contributed by atoms with E-state index in [1.165, 1.54) is 25.7 Å². The van der Waals surface area contributed by atoms with Crippen LogP contribution in [0.5, 0.6) is 0 Å². The van der Waals surface area contributed by atoms with Gasteiger partial charge in [-0.2, -0.15) is 0 Å². The lowest BCUT2D eigenvalue weighted by Gasteiger charge is -2.15. The number of hydrogen-bond acceptors (Lipinski definition) is 1. The second-order valence-corrected chi connectivity index (χ2v) is 3.38. The highest BCUT2D eigenvalue weighted by Gasteiger charge is 2.02. The van der Waals surface area contributed by atoms with Crippen LogP contribution in [-0.2, 0) is 0 Å². The van der Waals surface area contributed by atoms with Gasteiger partial charge in [-0.3, -0.25) is 0 Å². The average molecular weight is 181 g/mol. The Hall–Kier alpha value is -0.480. The standard InChI is InChI=1S/C12H23N/c1-4-7-8-9-10-12(6-3)13-11-5-2/h12-13H,5-6,8-11H2,1-3H3. The molecule has 0 aliphatic rings. The minimum absolute atomic E-state index is 0.707. The molecular formula is C12H23N. The molecule has 1 unspecified atom stereocenters. The van der Waals surface area contributed by atoms with Crippen LogP contribution in [0.15, 0.2) is 0 Å². The number of hydrogen-bond donors (Lipinski definition) is 1. The highest BCUT2D eigenvalue weighted by Crippen LogP contribution is 2.03. The van der Waals surface area contributed by atoms with E-state index in [0.717, 1.165) is 13.0 Å². The van der Waals surface area contributed by atoms with Crippen molar-refractivity contribution in [3.8, 4) is 11.8 Å². The van der Waals surface area contributed by atoms with Crippen molar-refractivity contribution in [1.82, 2.24) is 5.32 Å². The highest BCUT2D eigenvalue weighted by atomic mass is 14.9. The predicted molar refractivity (Wildman–Crippen MR) is 59.7 cm³/mol. The van der Waals surface area contributed by atoms with Crippen molar-refractivity contribution in [3.05, 3.63) is 0 Å². The summed E-state index contributed by atoms with van der Waals surface area (Å²) in [6.07, 6.45) is 6.02. The van der Waals surface area contributed by atoms with E-state index in [-0.39, 0.29) is 0 Å². The van der Waals surface area contributed by atoms with Crippen LogP contribution in [-0.4, -0.2) is 12.6 Å². The molecule has 0 heterocycles. The van der Waals surface area contributed by atoms with Gasteiger partial charge in [0.25, 0.3) is 0 Å². The van der Waals surface area contributed by atoms with Crippen molar-refractivity contribution in [2.75, 3.05) is 6.54 Å². The molecule has 1 nitrogen and oxygen atoms in total.